The molecule has 0 fully saturated rings. The highest BCUT2D eigenvalue weighted by Gasteiger charge is 2.38. The molecule has 3 aromatic heterocycles. The van der Waals surface area contributed by atoms with Gasteiger partial charge in [-0.15, -0.1) is 11.3 Å². The number of hydrogen-bond acceptors (Lipinski definition) is 9. The third kappa shape index (κ3) is 6.45. The van der Waals surface area contributed by atoms with E-state index in [2.05, 4.69) is 57.9 Å². The van der Waals surface area contributed by atoms with E-state index >= 15 is 0 Å². The van der Waals surface area contributed by atoms with Gasteiger partial charge in [-0.3, -0.25) is 4.68 Å². The summed E-state index contributed by atoms with van der Waals surface area (Å²) >= 11 is 1.60. The number of aryl methyl sites for hydroxylation is 1. The van der Waals surface area contributed by atoms with Gasteiger partial charge in [-0.05, 0) is 71.6 Å². The fraction of sp³-hybridized carbons (Fsp3) is 0.143. The van der Waals surface area contributed by atoms with Crippen molar-refractivity contribution >= 4 is 44.0 Å². The molecule has 8 rings (SSSR count). The zero-order valence-corrected chi connectivity index (χ0v) is 29.7. The number of methoxy groups -OCH3 is 1. The number of aromatic nitrogens is 5. The van der Waals surface area contributed by atoms with Crippen LogP contribution in [0.15, 0.2) is 139 Å². The number of fused-ring (bicyclic) bond motifs is 2. The van der Waals surface area contributed by atoms with Crippen molar-refractivity contribution in [2.75, 3.05) is 19.0 Å². The Labute approximate surface area is 305 Å². The molecule has 0 aliphatic rings. The molecule has 10 heteroatoms. The summed E-state index contributed by atoms with van der Waals surface area (Å²) in [7, 11) is 3.57. The summed E-state index contributed by atoms with van der Waals surface area (Å²) < 4.78 is 22.4. The van der Waals surface area contributed by atoms with Crippen molar-refractivity contribution in [2.45, 2.75) is 18.6 Å². The van der Waals surface area contributed by atoms with Crippen molar-refractivity contribution in [1.82, 2.24) is 24.7 Å². The van der Waals surface area contributed by atoms with Crippen LogP contribution in [0.2, 0.25) is 0 Å². The van der Waals surface area contributed by atoms with Crippen molar-refractivity contribution in [1.29, 1.82) is 0 Å². The highest BCUT2D eigenvalue weighted by molar-refractivity contribution is 7.16. The molecule has 0 radical (unpaired) electrons. The lowest BCUT2D eigenvalue weighted by Crippen LogP contribution is -2.36. The van der Waals surface area contributed by atoms with Crippen molar-refractivity contribution < 1.29 is 14.2 Å². The van der Waals surface area contributed by atoms with Crippen molar-refractivity contribution in [3.05, 3.63) is 156 Å². The number of rotatable bonds is 12. The molecule has 0 amide bonds. The molecule has 0 saturated heterocycles. The Kier molecular flexibility index (Phi) is 9.07. The number of thiazole rings is 1. The first-order valence-corrected chi connectivity index (χ1v) is 17.8. The van der Waals surface area contributed by atoms with Gasteiger partial charge in [0.25, 0.3) is 0 Å². The zero-order valence-electron chi connectivity index (χ0n) is 28.9. The van der Waals surface area contributed by atoms with E-state index in [1.807, 2.05) is 105 Å². The van der Waals surface area contributed by atoms with E-state index in [0.717, 1.165) is 60.4 Å². The largest absolute Gasteiger partial charge is 0.497 e. The van der Waals surface area contributed by atoms with Crippen LogP contribution in [0.1, 0.15) is 23.6 Å². The maximum atomic E-state index is 7.15. The number of nitrogens with one attached hydrogen (secondary N) is 1. The van der Waals surface area contributed by atoms with E-state index in [1.54, 1.807) is 29.5 Å². The summed E-state index contributed by atoms with van der Waals surface area (Å²) in [5.74, 6) is 2.04. The predicted octanol–water partition coefficient (Wildman–Crippen LogP) is 9.17. The van der Waals surface area contributed by atoms with E-state index in [9.17, 15) is 0 Å². The lowest BCUT2D eigenvalue weighted by atomic mass is 9.80. The SMILES string of the molecule is COc1ccc(C(OC[C@@H](C)Oc2cc(-c3cnn(C)c3)cc3ncnc(Nc4ccc5ncsc5c4)c23)(c2ccccc2)c2ccccc2)cc1. The summed E-state index contributed by atoms with van der Waals surface area (Å²) in [5.41, 5.74) is 8.36. The predicted molar refractivity (Wildman–Crippen MR) is 206 cm³/mol. The maximum absolute atomic E-state index is 7.15. The van der Waals surface area contributed by atoms with Gasteiger partial charge in [0.05, 0.1) is 46.5 Å². The summed E-state index contributed by atoms with van der Waals surface area (Å²) in [6, 6.07) is 38.8. The number of nitrogens with zero attached hydrogens (tertiary/aromatic N) is 5. The molecular formula is C42H36N6O3S. The Morgan fingerprint density at radius 1 is 0.788 bits per heavy atom. The van der Waals surface area contributed by atoms with Crippen LogP contribution >= 0.6 is 11.3 Å². The van der Waals surface area contributed by atoms with Gasteiger partial charge >= 0.3 is 0 Å². The van der Waals surface area contributed by atoms with Crippen molar-refractivity contribution in [3.63, 3.8) is 0 Å². The van der Waals surface area contributed by atoms with Gasteiger partial charge in [0.1, 0.15) is 35.3 Å². The average molecular weight is 705 g/mol. The number of anilines is 2. The van der Waals surface area contributed by atoms with E-state index < -0.39 is 5.60 Å². The molecule has 1 N–H and O–H groups in total. The number of ether oxygens (including phenoxy) is 3. The Bertz CT molecular complexity index is 2410. The normalized spacial score (nSPS) is 12.2. The molecule has 0 unspecified atom stereocenters. The third-order valence-electron chi connectivity index (χ3n) is 9.05. The minimum Gasteiger partial charge on any atom is -0.497 e. The molecule has 8 aromatic rings. The first-order chi connectivity index (χ1) is 25.5. The van der Waals surface area contributed by atoms with Crippen LogP contribution in [0.4, 0.5) is 11.5 Å². The van der Waals surface area contributed by atoms with E-state index in [0.29, 0.717) is 11.6 Å². The zero-order chi connectivity index (χ0) is 35.5. The van der Waals surface area contributed by atoms with Crippen LogP contribution in [-0.4, -0.2) is 44.6 Å². The second-order valence-electron chi connectivity index (χ2n) is 12.5. The Morgan fingerprint density at radius 2 is 1.52 bits per heavy atom. The molecule has 0 aliphatic carbocycles. The van der Waals surface area contributed by atoms with Crippen LogP contribution in [0.3, 0.4) is 0 Å². The van der Waals surface area contributed by atoms with Gasteiger partial charge in [-0.25, -0.2) is 15.0 Å². The van der Waals surface area contributed by atoms with Crippen molar-refractivity contribution in [3.8, 4) is 22.6 Å². The van der Waals surface area contributed by atoms with Gasteiger partial charge in [-0.2, -0.15) is 5.10 Å². The third-order valence-corrected chi connectivity index (χ3v) is 9.85. The highest BCUT2D eigenvalue weighted by Crippen LogP contribution is 2.42. The van der Waals surface area contributed by atoms with E-state index in [1.165, 1.54) is 0 Å². The topological polar surface area (TPSA) is 96.2 Å². The van der Waals surface area contributed by atoms with Gasteiger partial charge in [0.15, 0.2) is 0 Å². The molecule has 0 spiro atoms. The fourth-order valence-electron chi connectivity index (χ4n) is 6.56. The summed E-state index contributed by atoms with van der Waals surface area (Å²) in [6.45, 7) is 2.28. The molecule has 1 atom stereocenters. The standard InChI is InChI=1S/C42H36N6O3S/c1-28(25-50-42(31-10-6-4-7-11-31,32-12-8-5-9-13-32)33-14-17-35(49-3)18-15-33)51-38-21-29(30-23-46-48(2)24-30)20-37-40(38)41(44-26-43-37)47-34-16-19-36-39(22-34)52-27-45-36/h4-24,26-28H,25H2,1-3H3,(H,43,44,47)/t28-/m1/s1. The molecule has 0 bridgehead atoms. The lowest BCUT2D eigenvalue weighted by molar-refractivity contribution is -0.0253. The van der Waals surface area contributed by atoms with E-state index in [4.69, 9.17) is 24.2 Å². The van der Waals surface area contributed by atoms with Gasteiger partial charge in [-0.1, -0.05) is 72.8 Å². The van der Waals surface area contributed by atoms with Crippen molar-refractivity contribution in [2.24, 2.45) is 7.05 Å². The summed E-state index contributed by atoms with van der Waals surface area (Å²) in [4.78, 5) is 13.8. The molecule has 0 aliphatic heterocycles. The fourth-order valence-corrected chi connectivity index (χ4v) is 7.28. The number of benzene rings is 5. The molecule has 9 nitrogen and oxygen atoms in total. The molecule has 52 heavy (non-hydrogen) atoms. The smallest absolute Gasteiger partial charge is 0.145 e. The second-order valence-corrected chi connectivity index (χ2v) is 13.4. The minimum atomic E-state index is -0.933. The quantitative estimate of drug-likeness (QED) is 0.126. The van der Waals surface area contributed by atoms with Crippen LogP contribution in [-0.2, 0) is 17.4 Å². The average Bonchev–Trinajstić information content (AvgIpc) is 3.85. The van der Waals surface area contributed by atoms with Crippen LogP contribution in [0.25, 0.3) is 32.2 Å². The molecule has 5 aromatic carbocycles. The van der Waals surface area contributed by atoms with E-state index in [-0.39, 0.29) is 12.7 Å². The van der Waals surface area contributed by atoms with Gasteiger partial charge in [0, 0.05) is 24.5 Å². The minimum absolute atomic E-state index is 0.257. The summed E-state index contributed by atoms with van der Waals surface area (Å²) in [6.07, 6.45) is 5.00. The molecular weight excluding hydrogens is 669 g/mol. The highest BCUT2D eigenvalue weighted by atomic mass is 32.1. The Morgan fingerprint density at radius 3 is 2.21 bits per heavy atom. The first kappa shape index (κ1) is 33.1. The van der Waals surface area contributed by atoms with Gasteiger partial charge in [0.2, 0.25) is 0 Å². The lowest BCUT2D eigenvalue weighted by Gasteiger charge is -2.37. The molecule has 3 heterocycles. The first-order valence-electron chi connectivity index (χ1n) is 16.9. The van der Waals surface area contributed by atoms with Gasteiger partial charge < -0.3 is 19.5 Å². The Balaban J connectivity index is 1.19. The monoisotopic (exact) mass is 704 g/mol. The number of hydrogen-bond donors (Lipinski definition) is 1. The Hall–Kier alpha value is -6.10. The van der Waals surface area contributed by atoms with Crippen LogP contribution in [0, 0.1) is 0 Å². The summed E-state index contributed by atoms with van der Waals surface area (Å²) in [5, 5.41) is 8.70. The molecule has 0 saturated carbocycles. The second kappa shape index (κ2) is 14.3. The maximum Gasteiger partial charge on any atom is 0.145 e. The molecule has 258 valence electrons. The van der Waals surface area contributed by atoms with Crippen LogP contribution < -0.4 is 14.8 Å². The van der Waals surface area contributed by atoms with Crippen LogP contribution in [0.5, 0.6) is 11.5 Å².